The van der Waals surface area contributed by atoms with Crippen LogP contribution in [-0.4, -0.2) is 63.7 Å². The smallest absolute Gasteiger partial charge is 0.437 e. The maximum absolute atomic E-state index is 13.8. The molecular weight excluding hydrogens is 540 g/mol. The number of nitrogens with zero attached hydrogens (tertiary/aromatic N) is 5. The van der Waals surface area contributed by atoms with E-state index < -0.39 is 35.9 Å². The molecule has 0 radical (unpaired) electrons. The van der Waals surface area contributed by atoms with E-state index in [4.69, 9.17) is 4.74 Å². The second-order valence-corrected chi connectivity index (χ2v) is 9.28. The van der Waals surface area contributed by atoms with Crippen molar-refractivity contribution in [1.82, 2.24) is 24.0 Å². The molecule has 0 amide bonds. The molecule has 15 heteroatoms. The number of benzene rings is 1. The van der Waals surface area contributed by atoms with Gasteiger partial charge in [0.1, 0.15) is 5.82 Å². The number of alkyl halides is 3. The van der Waals surface area contributed by atoms with Gasteiger partial charge in [0.25, 0.3) is 5.56 Å². The van der Waals surface area contributed by atoms with Crippen LogP contribution in [0.3, 0.4) is 0 Å². The average Bonchev–Trinajstić information content (AvgIpc) is 3.62. The largest absolute Gasteiger partial charge is 0.490 e. The summed E-state index contributed by atoms with van der Waals surface area (Å²) < 4.78 is 65.1. The number of imidazole rings is 1. The summed E-state index contributed by atoms with van der Waals surface area (Å²) >= 11 is 0. The van der Waals surface area contributed by atoms with Crippen LogP contribution in [0.1, 0.15) is 18.9 Å². The van der Waals surface area contributed by atoms with Crippen LogP contribution < -0.4 is 21.5 Å². The Balaban J connectivity index is 1.72. The zero-order valence-electron chi connectivity index (χ0n) is 21.5. The lowest BCUT2D eigenvalue weighted by Crippen LogP contribution is -2.42. The van der Waals surface area contributed by atoms with E-state index in [-0.39, 0.29) is 36.8 Å². The number of hydrogen-bond acceptors (Lipinski definition) is 8. The minimum Gasteiger partial charge on any atom is -0.437 e. The third-order valence-electron chi connectivity index (χ3n) is 6.81. The summed E-state index contributed by atoms with van der Waals surface area (Å²) in [6.07, 6.45) is -4.55. The molecule has 0 spiro atoms. The lowest BCUT2D eigenvalue weighted by molar-refractivity contribution is -0.203. The molecule has 2 aromatic heterocycles. The van der Waals surface area contributed by atoms with Gasteiger partial charge in [0.05, 0.1) is 19.7 Å². The summed E-state index contributed by atoms with van der Waals surface area (Å²) in [6, 6.07) is 5.59. The van der Waals surface area contributed by atoms with E-state index in [0.717, 1.165) is 26.8 Å². The van der Waals surface area contributed by atoms with Gasteiger partial charge in [0, 0.05) is 31.9 Å². The van der Waals surface area contributed by atoms with Crippen molar-refractivity contribution in [3.05, 3.63) is 67.8 Å². The molecule has 0 fully saturated rings. The summed E-state index contributed by atoms with van der Waals surface area (Å²) in [5, 5.41) is 3.26. The summed E-state index contributed by atoms with van der Waals surface area (Å²) in [5.41, 5.74) is 0.649. The highest BCUT2D eigenvalue weighted by atomic mass is 19.4. The predicted octanol–water partition coefficient (Wildman–Crippen LogP) is 1.71. The Morgan fingerprint density at radius 2 is 1.85 bits per heavy atom. The van der Waals surface area contributed by atoms with Crippen LogP contribution in [0.2, 0.25) is 0 Å². The fraction of sp³-hybridized carbons (Fsp3) is 0.440. The summed E-state index contributed by atoms with van der Waals surface area (Å²) in [6.45, 7) is 2.50. The SMILES string of the molecule is CCOCCn1c(=O)c2c(nc(N3CCC4=C3CNC4)n2Cc2ccc(F)cc2)n(COC(=O)C(F)(F)F)c1=O. The second kappa shape index (κ2) is 10.9. The number of rotatable bonds is 9. The molecule has 214 valence electrons. The van der Waals surface area contributed by atoms with Crippen molar-refractivity contribution >= 4 is 23.1 Å². The van der Waals surface area contributed by atoms with E-state index >= 15 is 0 Å². The molecule has 40 heavy (non-hydrogen) atoms. The number of ether oxygens (including phenoxy) is 2. The number of aromatic nitrogens is 4. The molecule has 2 aliphatic heterocycles. The molecule has 2 aliphatic rings. The molecule has 0 bridgehead atoms. The molecule has 5 rings (SSSR count). The quantitative estimate of drug-likeness (QED) is 0.237. The Labute approximate surface area is 224 Å². The van der Waals surface area contributed by atoms with Crippen molar-refractivity contribution in [2.75, 3.05) is 37.7 Å². The van der Waals surface area contributed by atoms with Gasteiger partial charge >= 0.3 is 17.8 Å². The first-order valence-electron chi connectivity index (χ1n) is 12.6. The van der Waals surface area contributed by atoms with Crippen molar-refractivity contribution in [2.24, 2.45) is 0 Å². The van der Waals surface area contributed by atoms with Crippen LogP contribution >= 0.6 is 0 Å². The summed E-state index contributed by atoms with van der Waals surface area (Å²) in [5.74, 6) is -2.66. The minimum atomic E-state index is -5.28. The van der Waals surface area contributed by atoms with Gasteiger partial charge in [-0.2, -0.15) is 18.2 Å². The fourth-order valence-electron chi connectivity index (χ4n) is 4.91. The van der Waals surface area contributed by atoms with Crippen molar-refractivity contribution < 1.29 is 31.8 Å². The van der Waals surface area contributed by atoms with Gasteiger partial charge in [0.15, 0.2) is 17.9 Å². The Hall–Kier alpha value is -3.98. The molecule has 11 nitrogen and oxygen atoms in total. The molecule has 3 aromatic rings. The Morgan fingerprint density at radius 3 is 2.55 bits per heavy atom. The van der Waals surface area contributed by atoms with E-state index in [1.54, 1.807) is 11.5 Å². The third-order valence-corrected chi connectivity index (χ3v) is 6.81. The zero-order chi connectivity index (χ0) is 28.6. The third kappa shape index (κ3) is 5.13. The van der Waals surface area contributed by atoms with Gasteiger partial charge < -0.3 is 19.7 Å². The predicted molar refractivity (Wildman–Crippen MR) is 134 cm³/mol. The Kier molecular flexibility index (Phi) is 7.51. The van der Waals surface area contributed by atoms with Crippen LogP contribution in [0.4, 0.5) is 23.5 Å². The number of hydrogen-bond donors (Lipinski definition) is 1. The van der Waals surface area contributed by atoms with E-state index in [1.807, 2.05) is 4.90 Å². The monoisotopic (exact) mass is 566 g/mol. The van der Waals surface area contributed by atoms with E-state index in [1.165, 1.54) is 24.3 Å². The van der Waals surface area contributed by atoms with Crippen LogP contribution in [-0.2, 0) is 34.1 Å². The van der Waals surface area contributed by atoms with E-state index in [2.05, 4.69) is 15.0 Å². The lowest BCUT2D eigenvalue weighted by atomic mass is 10.2. The first-order valence-corrected chi connectivity index (χ1v) is 12.6. The number of halogens is 4. The van der Waals surface area contributed by atoms with Gasteiger partial charge in [-0.05, 0) is 36.6 Å². The van der Waals surface area contributed by atoms with Gasteiger partial charge in [0.2, 0.25) is 5.95 Å². The maximum Gasteiger partial charge on any atom is 0.490 e. The lowest BCUT2D eigenvalue weighted by Gasteiger charge is -2.22. The highest BCUT2D eigenvalue weighted by molar-refractivity contribution is 5.77. The highest BCUT2D eigenvalue weighted by Gasteiger charge is 2.41. The standard InChI is InChI=1S/C25H26F4N6O5/c1-2-39-10-9-33-21(36)19-20(35(24(33)38)14-40-22(37)25(27,28)29)31-23(32-8-7-16-11-30-12-18(16)32)34(19)13-15-3-5-17(26)6-4-15/h3-6,30H,2,7-14H2,1H3. The molecule has 0 saturated heterocycles. The van der Waals surface area contributed by atoms with Gasteiger partial charge in [-0.3, -0.25) is 13.9 Å². The van der Waals surface area contributed by atoms with Crippen LogP contribution in [0, 0.1) is 5.82 Å². The first kappa shape index (κ1) is 27.6. The minimum absolute atomic E-state index is 0.0213. The van der Waals surface area contributed by atoms with Gasteiger partial charge in [-0.15, -0.1) is 0 Å². The number of nitrogens with one attached hydrogen (secondary N) is 1. The topological polar surface area (TPSA) is 113 Å². The van der Waals surface area contributed by atoms with Crippen molar-refractivity contribution in [2.45, 2.75) is 39.3 Å². The van der Waals surface area contributed by atoms with Crippen molar-refractivity contribution in [3.8, 4) is 0 Å². The second-order valence-electron chi connectivity index (χ2n) is 9.28. The highest BCUT2D eigenvalue weighted by Crippen LogP contribution is 2.32. The molecular formula is C25H26F4N6O5. The Morgan fingerprint density at radius 1 is 1.10 bits per heavy atom. The molecule has 0 saturated carbocycles. The first-order chi connectivity index (χ1) is 19.1. The molecule has 0 unspecified atom stereocenters. The maximum atomic E-state index is 13.8. The Bertz CT molecular complexity index is 1590. The molecule has 0 aliphatic carbocycles. The van der Waals surface area contributed by atoms with E-state index in [0.29, 0.717) is 31.8 Å². The average molecular weight is 567 g/mol. The summed E-state index contributed by atoms with van der Waals surface area (Å²) in [7, 11) is 0. The zero-order valence-corrected chi connectivity index (χ0v) is 21.5. The molecule has 4 heterocycles. The number of esters is 1. The van der Waals surface area contributed by atoms with Gasteiger partial charge in [-0.1, -0.05) is 12.1 Å². The molecule has 0 atom stereocenters. The molecule has 1 N–H and O–H groups in total. The van der Waals surface area contributed by atoms with Crippen molar-refractivity contribution in [1.29, 1.82) is 0 Å². The number of carbonyl (C=O) groups is 1. The summed E-state index contributed by atoms with van der Waals surface area (Å²) in [4.78, 5) is 45.1. The van der Waals surface area contributed by atoms with Crippen molar-refractivity contribution in [3.63, 3.8) is 0 Å². The van der Waals surface area contributed by atoms with Crippen LogP contribution in [0.25, 0.3) is 11.2 Å². The fourth-order valence-corrected chi connectivity index (χ4v) is 4.91. The van der Waals surface area contributed by atoms with E-state index in [9.17, 15) is 31.9 Å². The molecule has 1 aromatic carbocycles. The number of carbonyl (C=O) groups excluding carboxylic acids is 1. The normalized spacial score (nSPS) is 15.4. The number of fused-ring (bicyclic) bond motifs is 1. The van der Waals surface area contributed by atoms with Gasteiger partial charge in [-0.25, -0.2) is 18.5 Å². The van der Waals surface area contributed by atoms with Crippen LogP contribution in [0.15, 0.2) is 45.1 Å². The van der Waals surface area contributed by atoms with Crippen LogP contribution in [0.5, 0.6) is 0 Å². The number of anilines is 1.